The van der Waals surface area contributed by atoms with E-state index in [2.05, 4.69) is 63.7 Å². The van der Waals surface area contributed by atoms with Crippen molar-refractivity contribution in [1.29, 1.82) is 0 Å². The summed E-state index contributed by atoms with van der Waals surface area (Å²) in [6, 6.07) is 9.44. The molecule has 0 bridgehead atoms. The van der Waals surface area contributed by atoms with E-state index >= 15 is 0 Å². The molecule has 0 saturated carbocycles. The molecule has 0 amide bonds. The van der Waals surface area contributed by atoms with E-state index in [1.807, 2.05) is 30.3 Å². The molecular weight excluding hydrogens is 444 g/mol. The third kappa shape index (κ3) is 2.90. The van der Waals surface area contributed by atoms with Crippen LogP contribution in [0.1, 0.15) is 5.56 Å². The van der Waals surface area contributed by atoms with Gasteiger partial charge >= 0.3 is 0 Å². The molecule has 1 rings (SSSR count). The van der Waals surface area contributed by atoms with Gasteiger partial charge in [-0.05, 0) is 5.56 Å². The standard InChI is InChI=1S/C9H6Br4O/c10-8(11)7(14)9(12,13)6-4-2-1-3-5-6/h1-5,8H. The molecule has 1 aromatic carbocycles. The van der Waals surface area contributed by atoms with Crippen LogP contribution >= 0.6 is 63.7 Å². The lowest BCUT2D eigenvalue weighted by atomic mass is 10.1. The Balaban J connectivity index is 3.02. The van der Waals surface area contributed by atoms with Gasteiger partial charge in [-0.3, -0.25) is 4.79 Å². The molecule has 0 unspecified atom stereocenters. The Kier molecular flexibility index (Phi) is 4.81. The van der Waals surface area contributed by atoms with Crippen molar-refractivity contribution >= 4 is 69.5 Å². The van der Waals surface area contributed by atoms with Gasteiger partial charge in [-0.1, -0.05) is 94.1 Å². The van der Waals surface area contributed by atoms with Crippen molar-refractivity contribution in [1.82, 2.24) is 0 Å². The van der Waals surface area contributed by atoms with Gasteiger partial charge in [-0.2, -0.15) is 0 Å². The summed E-state index contributed by atoms with van der Waals surface area (Å²) in [5.41, 5.74) is 0.869. The zero-order valence-corrected chi connectivity index (χ0v) is 13.2. The van der Waals surface area contributed by atoms with Crippen LogP contribution in [0.15, 0.2) is 30.3 Å². The summed E-state index contributed by atoms with van der Waals surface area (Å²) >= 11 is 13.1. The van der Waals surface area contributed by atoms with Crippen molar-refractivity contribution in [2.24, 2.45) is 0 Å². The van der Waals surface area contributed by atoms with Crippen LogP contribution in [0.4, 0.5) is 0 Å². The molecule has 0 radical (unpaired) electrons. The minimum Gasteiger partial charge on any atom is -0.295 e. The Morgan fingerprint density at radius 3 is 2.07 bits per heavy atom. The lowest BCUT2D eigenvalue weighted by Gasteiger charge is -2.20. The molecule has 0 spiro atoms. The Bertz CT molecular complexity index is 321. The second-order valence-corrected chi connectivity index (χ2v) is 9.11. The molecular formula is C9H6Br4O. The fourth-order valence-electron chi connectivity index (χ4n) is 0.927. The number of alkyl halides is 4. The van der Waals surface area contributed by atoms with Crippen molar-refractivity contribution in [3.63, 3.8) is 0 Å². The predicted octanol–water partition coefficient (Wildman–Crippen LogP) is 4.31. The van der Waals surface area contributed by atoms with Crippen molar-refractivity contribution in [2.75, 3.05) is 0 Å². The summed E-state index contributed by atoms with van der Waals surface area (Å²) in [4.78, 5) is 11.8. The third-order valence-corrected chi connectivity index (χ3v) is 4.17. The first kappa shape index (κ1) is 12.9. The largest absolute Gasteiger partial charge is 0.295 e. The van der Waals surface area contributed by atoms with E-state index in [1.54, 1.807) is 0 Å². The fourth-order valence-corrected chi connectivity index (χ4v) is 3.83. The lowest BCUT2D eigenvalue weighted by molar-refractivity contribution is -0.117. The second kappa shape index (κ2) is 5.23. The summed E-state index contributed by atoms with van der Waals surface area (Å²) in [6.07, 6.45) is 0. The maximum atomic E-state index is 11.8. The van der Waals surface area contributed by atoms with Gasteiger partial charge < -0.3 is 0 Å². The molecule has 5 heteroatoms. The van der Waals surface area contributed by atoms with Crippen molar-refractivity contribution in [3.8, 4) is 0 Å². The van der Waals surface area contributed by atoms with Crippen molar-refractivity contribution in [3.05, 3.63) is 35.9 Å². The van der Waals surface area contributed by atoms with Crippen LogP contribution in [-0.2, 0) is 8.03 Å². The van der Waals surface area contributed by atoms with Gasteiger partial charge in [0.1, 0.15) is 3.74 Å². The maximum Gasteiger partial charge on any atom is 0.188 e. The molecule has 0 aromatic heterocycles. The van der Waals surface area contributed by atoms with Gasteiger partial charge in [0.15, 0.2) is 9.02 Å². The van der Waals surface area contributed by atoms with Crippen LogP contribution < -0.4 is 0 Å². The number of hydrogen-bond acceptors (Lipinski definition) is 1. The molecule has 0 saturated heterocycles. The molecule has 1 nitrogen and oxygen atoms in total. The molecule has 0 N–H and O–H groups in total. The van der Waals surface area contributed by atoms with Gasteiger partial charge in [0.05, 0.1) is 0 Å². The SMILES string of the molecule is O=C(C(Br)Br)C(Br)(Br)c1ccccc1. The molecule has 0 heterocycles. The highest BCUT2D eigenvalue weighted by molar-refractivity contribution is 9.26. The van der Waals surface area contributed by atoms with Crippen molar-refractivity contribution in [2.45, 2.75) is 6.97 Å². The quantitative estimate of drug-likeness (QED) is 0.628. The van der Waals surface area contributed by atoms with Gasteiger partial charge in [-0.25, -0.2) is 0 Å². The Morgan fingerprint density at radius 1 is 1.14 bits per heavy atom. The summed E-state index contributed by atoms with van der Waals surface area (Å²) in [5, 5.41) is 0. The topological polar surface area (TPSA) is 17.1 Å². The van der Waals surface area contributed by atoms with Crippen molar-refractivity contribution < 1.29 is 4.79 Å². The summed E-state index contributed by atoms with van der Waals surface area (Å²) in [5.74, 6) is -0.0382. The monoisotopic (exact) mass is 446 g/mol. The first-order valence-electron chi connectivity index (χ1n) is 3.72. The second-order valence-electron chi connectivity index (χ2n) is 2.61. The number of hydrogen-bond donors (Lipinski definition) is 0. The van der Waals surface area contributed by atoms with Crippen LogP contribution in [0.5, 0.6) is 0 Å². The Morgan fingerprint density at radius 2 is 1.64 bits per heavy atom. The zero-order chi connectivity index (χ0) is 10.8. The number of carbonyl (C=O) groups is 1. The molecule has 0 aliphatic rings. The van der Waals surface area contributed by atoms with E-state index in [0.717, 1.165) is 5.56 Å². The van der Waals surface area contributed by atoms with E-state index in [9.17, 15) is 4.79 Å². The Hall–Kier alpha value is 0.810. The number of carbonyl (C=O) groups excluding carboxylic acids is 1. The number of ketones is 1. The summed E-state index contributed by atoms with van der Waals surface area (Å²) in [7, 11) is 0. The van der Waals surface area contributed by atoms with Gasteiger partial charge in [0.2, 0.25) is 0 Å². The molecule has 1 aromatic rings. The molecule has 0 atom stereocenters. The maximum absolute atomic E-state index is 11.8. The smallest absolute Gasteiger partial charge is 0.188 e. The van der Waals surface area contributed by atoms with Crippen LogP contribution in [0.25, 0.3) is 0 Å². The van der Waals surface area contributed by atoms with E-state index in [-0.39, 0.29) is 9.52 Å². The van der Waals surface area contributed by atoms with E-state index in [1.165, 1.54) is 0 Å². The predicted molar refractivity (Wildman–Crippen MR) is 72.6 cm³/mol. The average Bonchev–Trinajstić information content (AvgIpc) is 2.18. The van der Waals surface area contributed by atoms with Gasteiger partial charge in [0, 0.05) is 0 Å². The van der Waals surface area contributed by atoms with Crippen LogP contribution in [0.3, 0.4) is 0 Å². The van der Waals surface area contributed by atoms with E-state index < -0.39 is 3.23 Å². The normalized spacial score (nSPS) is 11.8. The van der Waals surface area contributed by atoms with Crippen LogP contribution in [0, 0.1) is 0 Å². The summed E-state index contributed by atoms with van der Waals surface area (Å²) in [6.45, 7) is 0. The number of benzene rings is 1. The highest BCUT2D eigenvalue weighted by Crippen LogP contribution is 2.41. The number of rotatable bonds is 3. The lowest BCUT2D eigenvalue weighted by Crippen LogP contribution is -2.26. The van der Waals surface area contributed by atoms with E-state index in [4.69, 9.17) is 0 Å². The molecule has 0 aliphatic heterocycles. The third-order valence-electron chi connectivity index (χ3n) is 1.64. The minimum absolute atomic E-state index is 0.0382. The van der Waals surface area contributed by atoms with Crippen LogP contribution in [-0.4, -0.2) is 9.52 Å². The zero-order valence-electron chi connectivity index (χ0n) is 6.88. The Labute approximate surface area is 116 Å². The molecule has 76 valence electrons. The molecule has 0 aliphatic carbocycles. The minimum atomic E-state index is -0.834. The van der Waals surface area contributed by atoms with E-state index in [0.29, 0.717) is 0 Å². The number of halogens is 4. The molecule has 14 heavy (non-hydrogen) atoms. The highest BCUT2D eigenvalue weighted by Gasteiger charge is 2.37. The van der Waals surface area contributed by atoms with Crippen LogP contribution in [0.2, 0.25) is 0 Å². The summed E-state index contributed by atoms with van der Waals surface area (Å²) < 4.78 is -1.21. The molecule has 0 fully saturated rings. The van der Waals surface area contributed by atoms with Gasteiger partial charge in [-0.15, -0.1) is 0 Å². The first-order valence-corrected chi connectivity index (χ1v) is 7.14. The number of Topliss-reactive ketones (excluding diaryl/α,β-unsaturated/α-hetero) is 1. The first-order chi connectivity index (χ1) is 6.46. The highest BCUT2D eigenvalue weighted by atomic mass is 79.9. The fraction of sp³-hybridized carbons (Fsp3) is 0.222. The van der Waals surface area contributed by atoms with Gasteiger partial charge in [0.25, 0.3) is 0 Å². The average molecular weight is 450 g/mol.